The van der Waals surface area contributed by atoms with E-state index in [1.165, 1.54) is 19.3 Å². The monoisotopic (exact) mass is 170 g/mol. The lowest BCUT2D eigenvalue weighted by atomic mass is 9.77. The Bertz CT molecular complexity index is 125. The maximum atomic E-state index is 5.92. The molecule has 0 aliphatic heterocycles. The first-order valence-corrected chi connectivity index (χ1v) is 5.26. The molecular weight excluding hydrogens is 148 g/mol. The molecule has 0 aromatic heterocycles. The highest BCUT2D eigenvalue weighted by molar-refractivity contribution is 4.80. The summed E-state index contributed by atoms with van der Waals surface area (Å²) >= 11 is 0. The Hall–Kier alpha value is -0.0400. The van der Waals surface area contributed by atoms with Crippen LogP contribution >= 0.6 is 0 Å². The lowest BCUT2D eigenvalue weighted by Gasteiger charge is -2.37. The summed E-state index contributed by atoms with van der Waals surface area (Å²) in [4.78, 5) is 0. The molecule has 0 spiro atoms. The van der Waals surface area contributed by atoms with Gasteiger partial charge in [-0.15, -0.1) is 0 Å². The van der Waals surface area contributed by atoms with Crippen molar-refractivity contribution in [3.8, 4) is 0 Å². The maximum Gasteiger partial charge on any atom is 0.0629 e. The molecule has 0 saturated heterocycles. The molecule has 0 N–H and O–H groups in total. The average Bonchev–Trinajstić information content (AvgIpc) is 1.80. The summed E-state index contributed by atoms with van der Waals surface area (Å²) in [6, 6.07) is 0. The molecule has 0 aromatic carbocycles. The van der Waals surface area contributed by atoms with Crippen LogP contribution in [0.25, 0.3) is 0 Å². The number of ether oxygens (including phenoxy) is 1. The van der Waals surface area contributed by atoms with Gasteiger partial charge in [-0.2, -0.15) is 0 Å². The van der Waals surface area contributed by atoms with E-state index < -0.39 is 0 Å². The van der Waals surface area contributed by atoms with Gasteiger partial charge in [0, 0.05) is 0 Å². The first kappa shape index (κ1) is 10.0. The third-order valence-corrected chi connectivity index (χ3v) is 2.70. The maximum absolute atomic E-state index is 5.92. The van der Waals surface area contributed by atoms with Crippen LogP contribution in [0, 0.1) is 11.8 Å². The van der Waals surface area contributed by atoms with E-state index >= 15 is 0 Å². The number of hydrogen-bond acceptors (Lipinski definition) is 1. The van der Waals surface area contributed by atoms with Crippen molar-refractivity contribution in [1.82, 2.24) is 0 Å². The molecule has 1 atom stereocenters. The molecule has 0 bridgehead atoms. The molecular formula is C11H22O. The molecule has 12 heavy (non-hydrogen) atoms. The number of rotatable bonds is 4. The van der Waals surface area contributed by atoms with E-state index in [0.717, 1.165) is 5.92 Å². The fourth-order valence-corrected chi connectivity index (χ4v) is 1.90. The molecule has 1 rings (SSSR count). The largest absolute Gasteiger partial charge is 0.375 e. The van der Waals surface area contributed by atoms with Gasteiger partial charge in [-0.1, -0.05) is 20.3 Å². The summed E-state index contributed by atoms with van der Waals surface area (Å²) in [6.07, 6.45) is 5.08. The van der Waals surface area contributed by atoms with Gasteiger partial charge in [0.05, 0.1) is 12.2 Å². The molecule has 1 nitrogen and oxygen atoms in total. The van der Waals surface area contributed by atoms with Crippen molar-refractivity contribution in [3.63, 3.8) is 0 Å². The fraction of sp³-hybridized carbons (Fsp3) is 1.00. The second-order valence-corrected chi connectivity index (χ2v) is 4.58. The molecule has 1 aliphatic rings. The Kier molecular flexibility index (Phi) is 3.57. The van der Waals surface area contributed by atoms with Gasteiger partial charge in [-0.25, -0.2) is 0 Å². The highest BCUT2D eigenvalue weighted by Crippen LogP contribution is 2.34. The highest BCUT2D eigenvalue weighted by atomic mass is 16.5. The van der Waals surface area contributed by atoms with E-state index in [1.807, 2.05) is 0 Å². The van der Waals surface area contributed by atoms with Crippen LogP contribution in [0.1, 0.15) is 47.0 Å². The van der Waals surface area contributed by atoms with Crippen LogP contribution in [-0.2, 0) is 4.74 Å². The van der Waals surface area contributed by atoms with E-state index in [2.05, 4.69) is 27.7 Å². The smallest absolute Gasteiger partial charge is 0.0629 e. The van der Waals surface area contributed by atoms with Crippen molar-refractivity contribution in [1.29, 1.82) is 0 Å². The van der Waals surface area contributed by atoms with Gasteiger partial charge in [-0.3, -0.25) is 0 Å². The SMILES string of the molecule is CC(C)O[C@H](C(C)C)C1CCC1. The predicted molar refractivity (Wildman–Crippen MR) is 52.2 cm³/mol. The molecule has 1 heteroatoms. The van der Waals surface area contributed by atoms with Crippen LogP contribution in [0.15, 0.2) is 0 Å². The zero-order chi connectivity index (χ0) is 9.14. The van der Waals surface area contributed by atoms with E-state index in [0.29, 0.717) is 18.1 Å². The highest BCUT2D eigenvalue weighted by Gasteiger charge is 2.30. The van der Waals surface area contributed by atoms with Gasteiger partial charge < -0.3 is 4.74 Å². The van der Waals surface area contributed by atoms with Crippen molar-refractivity contribution < 1.29 is 4.74 Å². The van der Waals surface area contributed by atoms with Crippen LogP contribution in [0.2, 0.25) is 0 Å². The fourth-order valence-electron chi connectivity index (χ4n) is 1.90. The summed E-state index contributed by atoms with van der Waals surface area (Å²) in [7, 11) is 0. The topological polar surface area (TPSA) is 9.23 Å². The van der Waals surface area contributed by atoms with Gasteiger partial charge in [0.2, 0.25) is 0 Å². The normalized spacial score (nSPS) is 21.5. The van der Waals surface area contributed by atoms with E-state index in [1.54, 1.807) is 0 Å². The predicted octanol–water partition coefficient (Wildman–Crippen LogP) is 3.24. The summed E-state index contributed by atoms with van der Waals surface area (Å²) in [5.74, 6) is 1.53. The van der Waals surface area contributed by atoms with Crippen molar-refractivity contribution in [3.05, 3.63) is 0 Å². The van der Waals surface area contributed by atoms with Crippen molar-refractivity contribution >= 4 is 0 Å². The molecule has 0 amide bonds. The molecule has 0 heterocycles. The van der Waals surface area contributed by atoms with E-state index in [9.17, 15) is 0 Å². The van der Waals surface area contributed by atoms with Crippen LogP contribution in [0.4, 0.5) is 0 Å². The quantitative estimate of drug-likeness (QED) is 0.629. The minimum atomic E-state index is 0.387. The van der Waals surface area contributed by atoms with E-state index in [4.69, 9.17) is 4.74 Å². The molecule has 1 fully saturated rings. The standard InChI is InChI=1S/C11H22O/c1-8(2)11(12-9(3)4)10-6-5-7-10/h8-11H,5-7H2,1-4H3/t11-/m1/s1. The van der Waals surface area contributed by atoms with Gasteiger partial charge >= 0.3 is 0 Å². The average molecular weight is 170 g/mol. The first-order valence-electron chi connectivity index (χ1n) is 5.26. The minimum Gasteiger partial charge on any atom is -0.375 e. The third kappa shape index (κ3) is 2.48. The van der Waals surface area contributed by atoms with Crippen LogP contribution in [0.5, 0.6) is 0 Å². The van der Waals surface area contributed by atoms with Crippen LogP contribution in [-0.4, -0.2) is 12.2 Å². The second-order valence-electron chi connectivity index (χ2n) is 4.58. The molecule has 1 saturated carbocycles. The molecule has 0 unspecified atom stereocenters. The Morgan fingerprint density at radius 1 is 1.08 bits per heavy atom. The van der Waals surface area contributed by atoms with Crippen LogP contribution in [0.3, 0.4) is 0 Å². The summed E-state index contributed by atoms with van der Waals surface area (Å²) in [6.45, 7) is 8.80. The second kappa shape index (κ2) is 4.27. The van der Waals surface area contributed by atoms with Gasteiger partial charge in [0.1, 0.15) is 0 Å². The Balaban J connectivity index is 2.37. The Morgan fingerprint density at radius 2 is 1.67 bits per heavy atom. The van der Waals surface area contributed by atoms with Gasteiger partial charge in [-0.05, 0) is 38.5 Å². The molecule has 0 aromatic rings. The van der Waals surface area contributed by atoms with Crippen molar-refractivity contribution in [2.75, 3.05) is 0 Å². The molecule has 72 valence electrons. The van der Waals surface area contributed by atoms with E-state index in [-0.39, 0.29) is 0 Å². The van der Waals surface area contributed by atoms with Crippen LogP contribution < -0.4 is 0 Å². The van der Waals surface area contributed by atoms with Gasteiger partial charge in [0.15, 0.2) is 0 Å². The summed E-state index contributed by atoms with van der Waals surface area (Å²) in [5, 5.41) is 0. The summed E-state index contributed by atoms with van der Waals surface area (Å²) in [5.41, 5.74) is 0. The lowest BCUT2D eigenvalue weighted by molar-refractivity contribution is -0.0710. The van der Waals surface area contributed by atoms with Crippen molar-refractivity contribution in [2.45, 2.75) is 59.2 Å². The Labute approximate surface area is 76.5 Å². The molecule has 1 aliphatic carbocycles. The van der Waals surface area contributed by atoms with Crippen molar-refractivity contribution in [2.24, 2.45) is 11.8 Å². The summed E-state index contributed by atoms with van der Waals surface area (Å²) < 4.78 is 5.92. The molecule has 0 radical (unpaired) electrons. The first-order chi connectivity index (χ1) is 5.61. The zero-order valence-electron chi connectivity index (χ0n) is 8.84. The zero-order valence-corrected chi connectivity index (χ0v) is 8.84. The minimum absolute atomic E-state index is 0.387. The van der Waals surface area contributed by atoms with Gasteiger partial charge in [0.25, 0.3) is 0 Å². The Morgan fingerprint density at radius 3 is 1.92 bits per heavy atom. The third-order valence-electron chi connectivity index (χ3n) is 2.70. The lowest BCUT2D eigenvalue weighted by Crippen LogP contribution is -2.35. The number of hydrogen-bond donors (Lipinski definition) is 0.